The number of carbonyl (C=O) groups excluding carboxylic acids is 1. The lowest BCUT2D eigenvalue weighted by atomic mass is 10.0. The number of rotatable bonds is 6. The minimum Gasteiger partial charge on any atom is -0.356 e. The van der Waals surface area contributed by atoms with Crippen LogP contribution < -0.4 is 11.1 Å². The largest absolute Gasteiger partial charge is 0.356 e. The number of nitrogens with one attached hydrogen (secondary N) is 2. The zero-order valence-electron chi connectivity index (χ0n) is 10.8. The van der Waals surface area contributed by atoms with Crippen LogP contribution in [0.15, 0.2) is 6.20 Å². The average Bonchev–Trinajstić information content (AvgIpc) is 2.69. The molecule has 0 aliphatic heterocycles. The molecule has 96 valence electrons. The Hall–Kier alpha value is -1.36. The fourth-order valence-electron chi connectivity index (χ4n) is 1.52. The summed E-state index contributed by atoms with van der Waals surface area (Å²) in [6, 6.07) is -0.105. The number of amides is 1. The second kappa shape index (κ2) is 6.39. The molecular weight excluding hydrogens is 216 g/mol. The number of aromatic nitrogens is 2. The third kappa shape index (κ3) is 4.19. The minimum absolute atomic E-state index is 0.0314. The summed E-state index contributed by atoms with van der Waals surface area (Å²) < 4.78 is 0. The van der Waals surface area contributed by atoms with Gasteiger partial charge in [-0.05, 0) is 32.3 Å². The summed E-state index contributed by atoms with van der Waals surface area (Å²) >= 11 is 0. The molecule has 0 aromatic carbocycles. The fourth-order valence-corrected chi connectivity index (χ4v) is 1.52. The SMILES string of the molecule is Cc1[nH]ncc1CCCNC(=O)C(C)C(C)N. The van der Waals surface area contributed by atoms with E-state index < -0.39 is 0 Å². The minimum atomic E-state index is -0.134. The van der Waals surface area contributed by atoms with Crippen LogP contribution in [0, 0.1) is 12.8 Å². The summed E-state index contributed by atoms with van der Waals surface area (Å²) in [7, 11) is 0. The Morgan fingerprint density at radius 2 is 2.29 bits per heavy atom. The van der Waals surface area contributed by atoms with Gasteiger partial charge in [-0.1, -0.05) is 6.92 Å². The molecule has 0 saturated carbocycles. The Bertz CT molecular complexity index is 359. The highest BCUT2D eigenvalue weighted by Crippen LogP contribution is 2.05. The van der Waals surface area contributed by atoms with Crippen molar-refractivity contribution < 1.29 is 4.79 Å². The van der Waals surface area contributed by atoms with Crippen LogP contribution >= 0.6 is 0 Å². The van der Waals surface area contributed by atoms with E-state index in [1.54, 1.807) is 0 Å². The van der Waals surface area contributed by atoms with Gasteiger partial charge in [0, 0.05) is 24.2 Å². The molecule has 0 radical (unpaired) electrons. The monoisotopic (exact) mass is 238 g/mol. The number of nitrogens with two attached hydrogens (primary N) is 1. The number of hydrogen-bond donors (Lipinski definition) is 3. The quantitative estimate of drug-likeness (QED) is 0.639. The van der Waals surface area contributed by atoms with Gasteiger partial charge in [-0.3, -0.25) is 9.89 Å². The van der Waals surface area contributed by atoms with Crippen LogP contribution in [-0.4, -0.2) is 28.7 Å². The van der Waals surface area contributed by atoms with Gasteiger partial charge in [-0.25, -0.2) is 0 Å². The molecule has 1 rings (SSSR count). The molecule has 0 fully saturated rings. The molecule has 0 saturated heterocycles. The second-order valence-corrected chi connectivity index (χ2v) is 4.56. The molecular formula is C12H22N4O. The van der Waals surface area contributed by atoms with Crippen LogP contribution in [0.3, 0.4) is 0 Å². The van der Waals surface area contributed by atoms with Gasteiger partial charge in [0.25, 0.3) is 0 Å². The standard InChI is InChI=1S/C12H22N4O/c1-8(9(2)13)12(17)14-6-4-5-11-7-15-16-10(11)3/h7-9H,4-6,13H2,1-3H3,(H,14,17)(H,15,16). The molecule has 0 spiro atoms. The summed E-state index contributed by atoms with van der Waals surface area (Å²) in [5, 5.41) is 9.75. The van der Waals surface area contributed by atoms with Crippen LogP contribution in [0.1, 0.15) is 31.5 Å². The summed E-state index contributed by atoms with van der Waals surface area (Å²) in [6.45, 7) is 6.37. The van der Waals surface area contributed by atoms with Crippen molar-refractivity contribution in [1.82, 2.24) is 15.5 Å². The molecule has 1 heterocycles. The number of aryl methyl sites for hydroxylation is 2. The molecule has 2 atom stereocenters. The van der Waals surface area contributed by atoms with E-state index >= 15 is 0 Å². The molecule has 0 aliphatic rings. The van der Waals surface area contributed by atoms with Gasteiger partial charge in [-0.15, -0.1) is 0 Å². The molecule has 4 N–H and O–H groups in total. The van der Waals surface area contributed by atoms with Gasteiger partial charge in [0.15, 0.2) is 0 Å². The lowest BCUT2D eigenvalue weighted by Crippen LogP contribution is -2.39. The molecule has 1 aromatic heterocycles. The fraction of sp³-hybridized carbons (Fsp3) is 0.667. The maximum atomic E-state index is 11.6. The third-order valence-corrected chi connectivity index (χ3v) is 3.06. The predicted molar refractivity (Wildman–Crippen MR) is 67.5 cm³/mol. The predicted octanol–water partition coefficient (Wildman–Crippen LogP) is 0.750. The summed E-state index contributed by atoms with van der Waals surface area (Å²) in [6.07, 6.45) is 3.68. The van der Waals surface area contributed by atoms with Crippen molar-refractivity contribution in [2.24, 2.45) is 11.7 Å². The molecule has 1 aromatic rings. The third-order valence-electron chi connectivity index (χ3n) is 3.06. The van der Waals surface area contributed by atoms with E-state index in [0.717, 1.165) is 18.5 Å². The number of aromatic amines is 1. The van der Waals surface area contributed by atoms with Crippen molar-refractivity contribution in [3.63, 3.8) is 0 Å². The van der Waals surface area contributed by atoms with Crippen molar-refractivity contribution in [1.29, 1.82) is 0 Å². The van der Waals surface area contributed by atoms with Crippen LogP contribution in [0.4, 0.5) is 0 Å². The number of nitrogens with zero attached hydrogens (tertiary/aromatic N) is 1. The van der Waals surface area contributed by atoms with Crippen LogP contribution in [0.2, 0.25) is 0 Å². The van der Waals surface area contributed by atoms with Gasteiger partial charge >= 0.3 is 0 Å². The highest BCUT2D eigenvalue weighted by molar-refractivity contribution is 5.78. The maximum Gasteiger partial charge on any atom is 0.224 e. The summed E-state index contributed by atoms with van der Waals surface area (Å²) in [4.78, 5) is 11.6. The highest BCUT2D eigenvalue weighted by atomic mass is 16.1. The summed E-state index contributed by atoms with van der Waals surface area (Å²) in [5.41, 5.74) is 7.97. The van der Waals surface area contributed by atoms with Gasteiger partial charge in [0.05, 0.1) is 6.20 Å². The summed E-state index contributed by atoms with van der Waals surface area (Å²) in [5.74, 6) is -0.102. The van der Waals surface area contributed by atoms with E-state index in [0.29, 0.717) is 6.54 Å². The van der Waals surface area contributed by atoms with Gasteiger partial charge in [-0.2, -0.15) is 5.10 Å². The zero-order valence-corrected chi connectivity index (χ0v) is 10.8. The number of hydrogen-bond acceptors (Lipinski definition) is 3. The molecule has 17 heavy (non-hydrogen) atoms. The van der Waals surface area contributed by atoms with Crippen molar-refractivity contribution in [2.75, 3.05) is 6.54 Å². The van der Waals surface area contributed by atoms with Crippen LogP contribution in [-0.2, 0) is 11.2 Å². The van der Waals surface area contributed by atoms with Crippen molar-refractivity contribution in [3.8, 4) is 0 Å². The van der Waals surface area contributed by atoms with E-state index in [4.69, 9.17) is 5.73 Å². The second-order valence-electron chi connectivity index (χ2n) is 4.56. The molecule has 1 amide bonds. The topological polar surface area (TPSA) is 83.8 Å². The normalized spacial score (nSPS) is 14.4. The first-order chi connectivity index (χ1) is 8.02. The van der Waals surface area contributed by atoms with Crippen molar-refractivity contribution >= 4 is 5.91 Å². The van der Waals surface area contributed by atoms with Crippen molar-refractivity contribution in [2.45, 2.75) is 39.7 Å². The Morgan fingerprint density at radius 3 is 2.82 bits per heavy atom. The van der Waals surface area contributed by atoms with Gasteiger partial charge in [0.2, 0.25) is 5.91 Å². The lowest BCUT2D eigenvalue weighted by Gasteiger charge is -2.15. The smallest absolute Gasteiger partial charge is 0.224 e. The number of carbonyl (C=O) groups is 1. The molecule has 5 heteroatoms. The van der Waals surface area contributed by atoms with E-state index in [2.05, 4.69) is 15.5 Å². The molecule has 5 nitrogen and oxygen atoms in total. The Labute approximate surface area is 102 Å². The van der Waals surface area contributed by atoms with Gasteiger partial charge < -0.3 is 11.1 Å². The van der Waals surface area contributed by atoms with Crippen LogP contribution in [0.25, 0.3) is 0 Å². The average molecular weight is 238 g/mol. The Morgan fingerprint density at radius 1 is 1.59 bits per heavy atom. The highest BCUT2D eigenvalue weighted by Gasteiger charge is 2.15. The first-order valence-electron chi connectivity index (χ1n) is 6.04. The van der Waals surface area contributed by atoms with Gasteiger partial charge in [0.1, 0.15) is 0 Å². The van der Waals surface area contributed by atoms with E-state index in [-0.39, 0.29) is 17.9 Å². The van der Waals surface area contributed by atoms with Crippen molar-refractivity contribution in [3.05, 3.63) is 17.5 Å². The Balaban J connectivity index is 2.21. The van der Waals surface area contributed by atoms with E-state index in [9.17, 15) is 4.79 Å². The van der Waals surface area contributed by atoms with E-state index in [1.807, 2.05) is 27.0 Å². The zero-order chi connectivity index (χ0) is 12.8. The Kier molecular flexibility index (Phi) is 5.15. The number of H-pyrrole nitrogens is 1. The maximum absolute atomic E-state index is 11.6. The first-order valence-corrected chi connectivity index (χ1v) is 6.04. The molecule has 0 aliphatic carbocycles. The molecule has 2 unspecified atom stereocenters. The lowest BCUT2D eigenvalue weighted by molar-refractivity contribution is -0.124. The molecule has 0 bridgehead atoms. The first kappa shape index (κ1) is 13.7. The van der Waals surface area contributed by atoms with E-state index in [1.165, 1.54) is 5.56 Å². The van der Waals surface area contributed by atoms with Crippen LogP contribution in [0.5, 0.6) is 0 Å².